The van der Waals surface area contributed by atoms with E-state index in [0.717, 1.165) is 48.8 Å². The van der Waals surface area contributed by atoms with Crippen LogP contribution in [0.15, 0.2) is 30.6 Å². The number of nitrogens with one attached hydrogen (secondary N) is 1. The van der Waals surface area contributed by atoms with Gasteiger partial charge in [0.25, 0.3) is 0 Å². The van der Waals surface area contributed by atoms with E-state index in [1.807, 2.05) is 25.1 Å². The summed E-state index contributed by atoms with van der Waals surface area (Å²) in [6, 6.07) is 6.21. The third-order valence-corrected chi connectivity index (χ3v) is 5.89. The Morgan fingerprint density at radius 3 is 2.68 bits per heavy atom. The highest BCUT2D eigenvalue weighted by Crippen LogP contribution is 2.28. The van der Waals surface area contributed by atoms with Crippen molar-refractivity contribution in [1.29, 1.82) is 0 Å². The number of hydrogen-bond acceptors (Lipinski definition) is 5. The second kappa shape index (κ2) is 8.67. The number of aromatic nitrogens is 3. The molecule has 0 unspecified atom stereocenters. The molecule has 2 aromatic rings. The standard InChI is InChI=1S/C22H29N5O/c1-16-13-20(26-22(24-16)18-7-4-10-23-15-18)27-11-8-19(9-12-27)25-21(28)14-17-5-2-3-6-17/h4,7,10,13,15,17,19H,2-3,5-6,8-9,11-12,14H2,1H3,(H,25,28). The molecule has 0 atom stereocenters. The van der Waals surface area contributed by atoms with Crippen molar-refractivity contribution in [3.05, 3.63) is 36.3 Å². The number of amides is 1. The summed E-state index contributed by atoms with van der Waals surface area (Å²) in [7, 11) is 0. The van der Waals surface area contributed by atoms with Crippen molar-refractivity contribution < 1.29 is 4.79 Å². The first kappa shape index (κ1) is 18.8. The molecule has 28 heavy (non-hydrogen) atoms. The number of piperidine rings is 1. The molecule has 0 spiro atoms. The zero-order valence-corrected chi connectivity index (χ0v) is 16.6. The quantitative estimate of drug-likeness (QED) is 0.861. The van der Waals surface area contributed by atoms with Crippen LogP contribution < -0.4 is 10.2 Å². The lowest BCUT2D eigenvalue weighted by Gasteiger charge is -2.33. The minimum atomic E-state index is 0.238. The summed E-state index contributed by atoms with van der Waals surface area (Å²) in [6.07, 6.45) is 11.2. The number of carbonyl (C=O) groups is 1. The number of rotatable bonds is 5. The maximum Gasteiger partial charge on any atom is 0.220 e. The fourth-order valence-electron chi connectivity index (χ4n) is 4.35. The van der Waals surface area contributed by atoms with E-state index in [1.165, 1.54) is 25.7 Å². The van der Waals surface area contributed by atoms with E-state index >= 15 is 0 Å². The summed E-state index contributed by atoms with van der Waals surface area (Å²) in [6.45, 7) is 3.80. The van der Waals surface area contributed by atoms with E-state index in [-0.39, 0.29) is 11.9 Å². The highest BCUT2D eigenvalue weighted by atomic mass is 16.1. The van der Waals surface area contributed by atoms with Gasteiger partial charge >= 0.3 is 0 Å². The van der Waals surface area contributed by atoms with Gasteiger partial charge in [-0.05, 0) is 50.7 Å². The fraction of sp³-hybridized carbons (Fsp3) is 0.545. The molecule has 148 valence electrons. The predicted octanol–water partition coefficient (Wildman–Crippen LogP) is 3.51. The van der Waals surface area contributed by atoms with Crippen LogP contribution in [0, 0.1) is 12.8 Å². The van der Waals surface area contributed by atoms with Crippen LogP contribution in [-0.2, 0) is 4.79 Å². The van der Waals surface area contributed by atoms with Gasteiger partial charge in [0.1, 0.15) is 5.82 Å². The summed E-state index contributed by atoms with van der Waals surface area (Å²) in [5.74, 6) is 2.52. The van der Waals surface area contributed by atoms with Crippen LogP contribution in [0.4, 0.5) is 5.82 Å². The Balaban J connectivity index is 1.34. The molecule has 2 aliphatic rings. The van der Waals surface area contributed by atoms with Gasteiger partial charge in [-0.1, -0.05) is 12.8 Å². The first-order valence-electron chi connectivity index (χ1n) is 10.5. The lowest BCUT2D eigenvalue weighted by Crippen LogP contribution is -2.45. The number of carbonyl (C=O) groups excluding carboxylic acids is 1. The molecule has 6 nitrogen and oxygen atoms in total. The van der Waals surface area contributed by atoms with Gasteiger partial charge in [-0.15, -0.1) is 0 Å². The lowest BCUT2D eigenvalue weighted by molar-refractivity contribution is -0.122. The molecule has 3 heterocycles. The molecule has 6 heteroatoms. The smallest absolute Gasteiger partial charge is 0.220 e. The molecule has 1 saturated carbocycles. The first-order valence-corrected chi connectivity index (χ1v) is 10.5. The molecule has 4 rings (SSSR count). The number of hydrogen-bond donors (Lipinski definition) is 1. The van der Waals surface area contributed by atoms with Crippen LogP contribution in [0.2, 0.25) is 0 Å². The maximum atomic E-state index is 12.3. The van der Waals surface area contributed by atoms with Crippen LogP contribution in [0.25, 0.3) is 11.4 Å². The van der Waals surface area contributed by atoms with E-state index in [2.05, 4.69) is 20.2 Å². The SMILES string of the molecule is Cc1cc(N2CCC(NC(=O)CC3CCCC3)CC2)nc(-c2cccnc2)n1. The maximum absolute atomic E-state index is 12.3. The lowest BCUT2D eigenvalue weighted by atomic mass is 10.0. The van der Waals surface area contributed by atoms with Crippen LogP contribution >= 0.6 is 0 Å². The Hall–Kier alpha value is -2.50. The molecule has 0 bridgehead atoms. The topological polar surface area (TPSA) is 71.0 Å². The van der Waals surface area contributed by atoms with Gasteiger partial charge in [-0.25, -0.2) is 9.97 Å². The van der Waals surface area contributed by atoms with Gasteiger partial charge in [0.2, 0.25) is 5.91 Å². The highest BCUT2D eigenvalue weighted by molar-refractivity contribution is 5.76. The monoisotopic (exact) mass is 379 g/mol. The van der Waals surface area contributed by atoms with E-state index in [1.54, 1.807) is 12.4 Å². The third kappa shape index (κ3) is 4.66. The van der Waals surface area contributed by atoms with Crippen molar-refractivity contribution in [1.82, 2.24) is 20.3 Å². The van der Waals surface area contributed by atoms with Crippen molar-refractivity contribution in [2.45, 2.75) is 57.9 Å². The molecular formula is C22H29N5O. The minimum absolute atomic E-state index is 0.238. The summed E-state index contributed by atoms with van der Waals surface area (Å²) < 4.78 is 0. The Bertz CT molecular complexity index is 796. The molecule has 1 aliphatic heterocycles. The van der Waals surface area contributed by atoms with Gasteiger partial charge in [0, 0.05) is 55.3 Å². The van der Waals surface area contributed by atoms with Crippen molar-refractivity contribution in [2.75, 3.05) is 18.0 Å². The first-order chi connectivity index (χ1) is 13.7. The second-order valence-electron chi connectivity index (χ2n) is 8.12. The Morgan fingerprint density at radius 2 is 1.96 bits per heavy atom. The molecule has 2 fully saturated rings. The second-order valence-corrected chi connectivity index (χ2v) is 8.12. The van der Waals surface area contributed by atoms with Crippen LogP contribution in [0.1, 0.15) is 50.6 Å². The third-order valence-electron chi connectivity index (χ3n) is 5.89. The average molecular weight is 380 g/mol. The van der Waals surface area contributed by atoms with Crippen molar-refractivity contribution in [3.8, 4) is 11.4 Å². The van der Waals surface area contributed by atoms with Gasteiger partial charge < -0.3 is 10.2 Å². The van der Waals surface area contributed by atoms with E-state index in [9.17, 15) is 4.79 Å². The molecule has 0 radical (unpaired) electrons. The summed E-state index contributed by atoms with van der Waals surface area (Å²) >= 11 is 0. The van der Waals surface area contributed by atoms with Crippen molar-refractivity contribution in [2.24, 2.45) is 5.92 Å². The van der Waals surface area contributed by atoms with E-state index < -0.39 is 0 Å². The van der Waals surface area contributed by atoms with E-state index in [0.29, 0.717) is 12.3 Å². The van der Waals surface area contributed by atoms with Crippen molar-refractivity contribution >= 4 is 11.7 Å². The Morgan fingerprint density at radius 1 is 1.18 bits per heavy atom. The molecule has 1 amide bonds. The van der Waals surface area contributed by atoms with Gasteiger partial charge in [-0.2, -0.15) is 0 Å². The normalized spacial score (nSPS) is 18.4. The molecule has 1 saturated heterocycles. The van der Waals surface area contributed by atoms with Gasteiger partial charge in [-0.3, -0.25) is 9.78 Å². The van der Waals surface area contributed by atoms with Gasteiger partial charge in [0.15, 0.2) is 5.82 Å². The summed E-state index contributed by atoms with van der Waals surface area (Å²) in [4.78, 5) is 28.1. The molecule has 1 aliphatic carbocycles. The number of aryl methyl sites for hydroxylation is 1. The number of nitrogens with zero attached hydrogens (tertiary/aromatic N) is 4. The van der Waals surface area contributed by atoms with Crippen LogP contribution in [0.5, 0.6) is 0 Å². The summed E-state index contributed by atoms with van der Waals surface area (Å²) in [5.41, 5.74) is 1.89. The van der Waals surface area contributed by atoms with Gasteiger partial charge in [0.05, 0.1) is 0 Å². The molecule has 0 aromatic carbocycles. The van der Waals surface area contributed by atoms with Crippen LogP contribution in [0.3, 0.4) is 0 Å². The van der Waals surface area contributed by atoms with Crippen LogP contribution in [-0.4, -0.2) is 40.0 Å². The van der Waals surface area contributed by atoms with Crippen molar-refractivity contribution in [3.63, 3.8) is 0 Å². The zero-order chi connectivity index (χ0) is 19.3. The zero-order valence-electron chi connectivity index (χ0n) is 16.6. The predicted molar refractivity (Wildman–Crippen MR) is 110 cm³/mol. The average Bonchev–Trinajstić information content (AvgIpc) is 3.21. The summed E-state index contributed by atoms with van der Waals surface area (Å²) in [5, 5.41) is 3.26. The van der Waals surface area contributed by atoms with E-state index in [4.69, 9.17) is 4.98 Å². The number of pyridine rings is 1. The molecule has 1 N–H and O–H groups in total. The molecule has 2 aromatic heterocycles. The Kier molecular flexibility index (Phi) is 5.84. The molecular weight excluding hydrogens is 350 g/mol. The highest BCUT2D eigenvalue weighted by Gasteiger charge is 2.24. The fourth-order valence-corrected chi connectivity index (χ4v) is 4.35. The number of anilines is 1. The largest absolute Gasteiger partial charge is 0.356 e. The Labute approximate surface area is 166 Å². The minimum Gasteiger partial charge on any atom is -0.356 e.